The van der Waals surface area contributed by atoms with Gasteiger partial charge in [-0.3, -0.25) is 4.79 Å². The summed E-state index contributed by atoms with van der Waals surface area (Å²) in [4.78, 5) is 33.3. The molecular weight excluding hydrogens is 515 g/mol. The predicted octanol–water partition coefficient (Wildman–Crippen LogP) is 5.14. The number of nitriles is 1. The van der Waals surface area contributed by atoms with Crippen LogP contribution in [0.5, 0.6) is 5.88 Å². The number of pyridine rings is 1. The Hall–Kier alpha value is -3.02. The standard InChI is InChI=1S/C27H30Cl2N4O4/c1-16(36-24-8-5-17(10-30)11-31-24)20-14-32(15-21(20)18-6-7-22(28)23(29)9-18)25(34)19-12-33(13-19)26(35)37-27(2,3)4/h5-9,11,16,19-21H,12-15H2,1-4H3. The second-order valence-corrected chi connectivity index (χ2v) is 11.4. The molecule has 0 aliphatic carbocycles. The van der Waals surface area contributed by atoms with Crippen LogP contribution in [0.4, 0.5) is 4.79 Å². The number of halogens is 2. The highest BCUT2D eigenvalue weighted by Crippen LogP contribution is 2.39. The summed E-state index contributed by atoms with van der Waals surface area (Å²) < 4.78 is 11.5. The van der Waals surface area contributed by atoms with Gasteiger partial charge in [-0.2, -0.15) is 5.26 Å². The fourth-order valence-corrected chi connectivity index (χ4v) is 5.05. The molecule has 0 bridgehead atoms. The van der Waals surface area contributed by atoms with Gasteiger partial charge in [-0.15, -0.1) is 0 Å². The first-order chi connectivity index (χ1) is 17.4. The molecule has 3 unspecified atom stereocenters. The number of amides is 2. The van der Waals surface area contributed by atoms with Gasteiger partial charge >= 0.3 is 6.09 Å². The van der Waals surface area contributed by atoms with Gasteiger partial charge in [-0.1, -0.05) is 29.3 Å². The highest BCUT2D eigenvalue weighted by atomic mass is 35.5. The van der Waals surface area contributed by atoms with Crippen LogP contribution >= 0.6 is 23.2 Å². The van der Waals surface area contributed by atoms with E-state index < -0.39 is 11.7 Å². The average Bonchev–Trinajstić information content (AvgIpc) is 3.25. The topological polar surface area (TPSA) is 95.8 Å². The first-order valence-corrected chi connectivity index (χ1v) is 12.9. The summed E-state index contributed by atoms with van der Waals surface area (Å²) in [6.07, 6.45) is 0.787. The molecule has 8 nitrogen and oxygen atoms in total. The number of carbonyl (C=O) groups excluding carboxylic acids is 2. The van der Waals surface area contributed by atoms with E-state index in [2.05, 4.69) is 4.98 Å². The minimum atomic E-state index is -0.582. The molecule has 2 aromatic rings. The second-order valence-electron chi connectivity index (χ2n) is 10.6. The lowest BCUT2D eigenvalue weighted by Gasteiger charge is -2.40. The number of hydrogen-bond acceptors (Lipinski definition) is 6. The molecule has 4 rings (SSSR count). The number of likely N-dealkylation sites (tertiary alicyclic amines) is 2. The van der Waals surface area contributed by atoms with Gasteiger partial charge in [0.2, 0.25) is 11.8 Å². The third-order valence-electron chi connectivity index (χ3n) is 6.71. The van der Waals surface area contributed by atoms with Crippen molar-refractivity contribution in [2.24, 2.45) is 11.8 Å². The number of carbonyl (C=O) groups is 2. The summed E-state index contributed by atoms with van der Waals surface area (Å²) in [6.45, 7) is 9.08. The Morgan fingerprint density at radius 1 is 1.08 bits per heavy atom. The Morgan fingerprint density at radius 3 is 2.41 bits per heavy atom. The van der Waals surface area contributed by atoms with Gasteiger partial charge < -0.3 is 19.3 Å². The van der Waals surface area contributed by atoms with E-state index in [1.807, 2.05) is 50.8 Å². The third-order valence-corrected chi connectivity index (χ3v) is 7.45. The monoisotopic (exact) mass is 544 g/mol. The van der Waals surface area contributed by atoms with Crippen molar-refractivity contribution < 1.29 is 19.1 Å². The summed E-state index contributed by atoms with van der Waals surface area (Å²) in [5, 5.41) is 9.94. The lowest BCUT2D eigenvalue weighted by Crippen LogP contribution is -2.57. The van der Waals surface area contributed by atoms with E-state index in [0.29, 0.717) is 47.7 Å². The number of hydrogen-bond donors (Lipinski definition) is 0. The van der Waals surface area contributed by atoms with Gasteiger partial charge in [0.1, 0.15) is 17.8 Å². The largest absolute Gasteiger partial charge is 0.474 e. The van der Waals surface area contributed by atoms with Crippen molar-refractivity contribution in [1.82, 2.24) is 14.8 Å². The van der Waals surface area contributed by atoms with Crippen LogP contribution in [-0.2, 0) is 9.53 Å². The van der Waals surface area contributed by atoms with E-state index in [9.17, 15) is 9.59 Å². The molecule has 3 heterocycles. The zero-order chi connectivity index (χ0) is 26.9. The summed E-state index contributed by atoms with van der Waals surface area (Å²) in [5.74, 6) is 0.0826. The highest BCUT2D eigenvalue weighted by Gasteiger charge is 2.45. The Kier molecular flexibility index (Phi) is 7.86. The van der Waals surface area contributed by atoms with Crippen LogP contribution in [0.15, 0.2) is 36.5 Å². The van der Waals surface area contributed by atoms with Crippen LogP contribution in [0, 0.1) is 23.2 Å². The smallest absolute Gasteiger partial charge is 0.410 e. The van der Waals surface area contributed by atoms with E-state index >= 15 is 0 Å². The van der Waals surface area contributed by atoms with Crippen LogP contribution < -0.4 is 4.74 Å². The normalized spacial score (nSPS) is 20.7. The molecule has 196 valence electrons. The molecule has 37 heavy (non-hydrogen) atoms. The number of ether oxygens (including phenoxy) is 2. The molecule has 2 amide bonds. The van der Waals surface area contributed by atoms with Crippen LogP contribution in [0.1, 0.15) is 44.7 Å². The zero-order valence-corrected chi connectivity index (χ0v) is 22.8. The van der Waals surface area contributed by atoms with E-state index in [1.165, 1.54) is 6.20 Å². The molecule has 2 aliphatic heterocycles. The number of nitrogens with zero attached hydrogens (tertiary/aromatic N) is 4. The number of benzene rings is 1. The molecule has 10 heteroatoms. The summed E-state index contributed by atoms with van der Waals surface area (Å²) in [5.41, 5.74) is 0.843. The first-order valence-electron chi connectivity index (χ1n) is 12.2. The zero-order valence-electron chi connectivity index (χ0n) is 21.3. The van der Waals surface area contributed by atoms with Crippen molar-refractivity contribution in [3.05, 3.63) is 57.7 Å². The third kappa shape index (κ3) is 6.28. The number of rotatable bonds is 5. The molecule has 2 aliphatic rings. The summed E-state index contributed by atoms with van der Waals surface area (Å²) >= 11 is 12.5. The van der Waals surface area contributed by atoms with Crippen molar-refractivity contribution in [3.63, 3.8) is 0 Å². The maximum absolute atomic E-state index is 13.4. The maximum atomic E-state index is 13.4. The van der Waals surface area contributed by atoms with Gasteiger partial charge in [0.25, 0.3) is 0 Å². The summed E-state index contributed by atoms with van der Waals surface area (Å²) in [6, 6.07) is 10.9. The second kappa shape index (κ2) is 10.8. The average molecular weight is 545 g/mol. The van der Waals surface area contributed by atoms with Crippen LogP contribution in [-0.4, -0.2) is 64.7 Å². The first kappa shape index (κ1) is 27.0. The van der Waals surface area contributed by atoms with E-state index in [-0.39, 0.29) is 29.8 Å². The van der Waals surface area contributed by atoms with Crippen LogP contribution in [0.2, 0.25) is 10.0 Å². The Bertz CT molecular complexity index is 1200. The van der Waals surface area contributed by atoms with Gasteiger partial charge in [0, 0.05) is 50.3 Å². The van der Waals surface area contributed by atoms with Gasteiger partial charge in [0.05, 0.1) is 21.5 Å². The SMILES string of the molecule is CC(Oc1ccc(C#N)cn1)C1CN(C(=O)C2CN(C(=O)OC(C)(C)C)C2)CC1c1ccc(Cl)c(Cl)c1. The molecule has 0 saturated carbocycles. The van der Waals surface area contributed by atoms with Crippen molar-refractivity contribution in [1.29, 1.82) is 5.26 Å². The molecule has 2 saturated heterocycles. The van der Waals surface area contributed by atoms with Gasteiger partial charge in [0.15, 0.2) is 0 Å². The Balaban J connectivity index is 1.47. The van der Waals surface area contributed by atoms with Gasteiger partial charge in [-0.25, -0.2) is 9.78 Å². The van der Waals surface area contributed by atoms with Crippen molar-refractivity contribution in [2.45, 2.75) is 45.3 Å². The van der Waals surface area contributed by atoms with Crippen LogP contribution in [0.3, 0.4) is 0 Å². The fraction of sp³-hybridized carbons (Fsp3) is 0.481. The predicted molar refractivity (Wildman–Crippen MR) is 140 cm³/mol. The lowest BCUT2D eigenvalue weighted by atomic mass is 9.86. The molecule has 0 spiro atoms. The van der Waals surface area contributed by atoms with Gasteiger partial charge in [-0.05, 0) is 51.5 Å². The van der Waals surface area contributed by atoms with E-state index in [0.717, 1.165) is 5.56 Å². The van der Waals surface area contributed by atoms with Crippen molar-refractivity contribution in [3.8, 4) is 11.9 Å². The molecule has 3 atom stereocenters. The van der Waals surface area contributed by atoms with Crippen molar-refractivity contribution >= 4 is 35.2 Å². The molecule has 2 fully saturated rings. The molecule has 1 aromatic heterocycles. The fourth-order valence-electron chi connectivity index (χ4n) is 4.74. The maximum Gasteiger partial charge on any atom is 0.410 e. The molecular formula is C27H30Cl2N4O4. The minimum absolute atomic E-state index is 0.0102. The van der Waals surface area contributed by atoms with Crippen LogP contribution in [0.25, 0.3) is 0 Å². The molecule has 1 aromatic carbocycles. The molecule has 0 N–H and O–H groups in total. The quantitative estimate of drug-likeness (QED) is 0.517. The lowest BCUT2D eigenvalue weighted by molar-refractivity contribution is -0.139. The summed E-state index contributed by atoms with van der Waals surface area (Å²) in [7, 11) is 0. The van der Waals surface area contributed by atoms with Crippen molar-refractivity contribution in [2.75, 3.05) is 26.2 Å². The molecule has 0 radical (unpaired) electrons. The van der Waals surface area contributed by atoms with E-state index in [1.54, 1.807) is 23.1 Å². The number of aromatic nitrogens is 1. The highest BCUT2D eigenvalue weighted by molar-refractivity contribution is 6.42. The van der Waals surface area contributed by atoms with E-state index in [4.69, 9.17) is 37.9 Å². The Morgan fingerprint density at radius 2 is 1.81 bits per heavy atom. The minimum Gasteiger partial charge on any atom is -0.474 e. The Labute approximate surface area is 227 Å².